The number of nitrogens with one attached hydrogen (secondary N) is 1. The first-order valence-electron chi connectivity index (χ1n) is 8.54. The molecule has 0 spiro atoms. The number of amides is 1. The molecule has 0 bridgehead atoms. The van der Waals surface area contributed by atoms with Crippen LogP contribution in [0.15, 0.2) is 54.7 Å². The molecule has 0 atom stereocenters. The van der Waals surface area contributed by atoms with Crippen molar-refractivity contribution < 1.29 is 9.18 Å². The topological polar surface area (TPSA) is 39.3 Å². The summed E-state index contributed by atoms with van der Waals surface area (Å²) in [5.41, 5.74) is 2.86. The maximum absolute atomic E-state index is 13.3. The second-order valence-corrected chi connectivity index (χ2v) is 6.38. The Morgan fingerprint density at radius 2 is 1.80 bits per heavy atom. The maximum Gasteiger partial charge on any atom is 0.227 e. The van der Waals surface area contributed by atoms with E-state index in [4.69, 9.17) is 0 Å². The minimum Gasteiger partial charge on any atom is -0.368 e. The van der Waals surface area contributed by atoms with Crippen LogP contribution in [-0.2, 0) is 11.2 Å². The van der Waals surface area contributed by atoms with Crippen LogP contribution >= 0.6 is 0 Å². The minimum atomic E-state index is -0.274. The standard InChI is InChI=1S/C20H20FN3O/c21-16-6-7-18-15(14-22-19(18)13-16)12-20(25)24-10-8-23(9-11-24)17-4-2-1-3-5-17/h1-7,13-14,22H,8-12H2. The number of para-hydroxylation sites is 1. The summed E-state index contributed by atoms with van der Waals surface area (Å²) >= 11 is 0. The van der Waals surface area contributed by atoms with Crippen molar-refractivity contribution in [3.63, 3.8) is 0 Å². The number of rotatable bonds is 3. The average Bonchev–Trinajstić information content (AvgIpc) is 3.04. The van der Waals surface area contributed by atoms with Crippen LogP contribution in [0.1, 0.15) is 5.56 Å². The van der Waals surface area contributed by atoms with Crippen LogP contribution < -0.4 is 4.90 Å². The summed E-state index contributed by atoms with van der Waals surface area (Å²) < 4.78 is 13.3. The van der Waals surface area contributed by atoms with E-state index in [0.717, 1.165) is 42.6 Å². The van der Waals surface area contributed by atoms with Gasteiger partial charge >= 0.3 is 0 Å². The fraction of sp³-hybridized carbons (Fsp3) is 0.250. The Hall–Kier alpha value is -2.82. The lowest BCUT2D eigenvalue weighted by Gasteiger charge is -2.36. The van der Waals surface area contributed by atoms with Gasteiger partial charge in [-0.3, -0.25) is 4.79 Å². The molecule has 25 heavy (non-hydrogen) atoms. The number of aromatic nitrogens is 1. The number of nitrogens with zero attached hydrogens (tertiary/aromatic N) is 2. The minimum absolute atomic E-state index is 0.123. The molecule has 1 amide bonds. The predicted molar refractivity (Wildman–Crippen MR) is 97.2 cm³/mol. The molecule has 1 aliphatic heterocycles. The number of fused-ring (bicyclic) bond motifs is 1. The largest absolute Gasteiger partial charge is 0.368 e. The van der Waals surface area contributed by atoms with Crippen molar-refractivity contribution in [2.75, 3.05) is 31.1 Å². The number of hydrogen-bond acceptors (Lipinski definition) is 2. The summed E-state index contributed by atoms with van der Waals surface area (Å²) in [5, 5.41) is 0.915. The van der Waals surface area contributed by atoms with Crippen LogP contribution in [0.2, 0.25) is 0 Å². The van der Waals surface area contributed by atoms with Gasteiger partial charge in [-0.15, -0.1) is 0 Å². The highest BCUT2D eigenvalue weighted by atomic mass is 19.1. The van der Waals surface area contributed by atoms with Crippen molar-refractivity contribution >= 4 is 22.5 Å². The summed E-state index contributed by atoms with van der Waals surface area (Å²) in [6.07, 6.45) is 2.15. The smallest absolute Gasteiger partial charge is 0.227 e. The second kappa shape index (κ2) is 6.59. The van der Waals surface area contributed by atoms with Gasteiger partial charge < -0.3 is 14.8 Å². The summed E-state index contributed by atoms with van der Waals surface area (Å²) in [6.45, 7) is 3.14. The molecule has 2 aromatic carbocycles. The Balaban J connectivity index is 1.40. The molecule has 3 aromatic rings. The highest BCUT2D eigenvalue weighted by Crippen LogP contribution is 2.21. The zero-order chi connectivity index (χ0) is 17.2. The van der Waals surface area contributed by atoms with E-state index in [-0.39, 0.29) is 11.7 Å². The number of benzene rings is 2. The van der Waals surface area contributed by atoms with Crippen LogP contribution in [0.3, 0.4) is 0 Å². The van der Waals surface area contributed by atoms with E-state index >= 15 is 0 Å². The first-order valence-corrected chi connectivity index (χ1v) is 8.54. The molecule has 1 N–H and O–H groups in total. The molecule has 1 fully saturated rings. The Kier molecular flexibility index (Phi) is 4.14. The fourth-order valence-electron chi connectivity index (χ4n) is 3.43. The van der Waals surface area contributed by atoms with Crippen LogP contribution in [0.5, 0.6) is 0 Å². The summed E-state index contributed by atoms with van der Waals surface area (Å²) in [4.78, 5) is 19.9. The molecule has 5 heteroatoms. The number of H-pyrrole nitrogens is 1. The van der Waals surface area contributed by atoms with E-state index < -0.39 is 0 Å². The summed E-state index contributed by atoms with van der Waals surface area (Å²) in [6, 6.07) is 14.9. The molecule has 0 aliphatic carbocycles. The Labute approximate surface area is 145 Å². The lowest BCUT2D eigenvalue weighted by atomic mass is 10.1. The Morgan fingerprint density at radius 3 is 2.56 bits per heavy atom. The number of carbonyl (C=O) groups excluding carboxylic acids is 1. The van der Waals surface area contributed by atoms with Gasteiger partial charge in [0.1, 0.15) is 5.82 Å². The van der Waals surface area contributed by atoms with Gasteiger partial charge in [0.05, 0.1) is 6.42 Å². The number of piperazine rings is 1. The van der Waals surface area contributed by atoms with Crippen LogP contribution in [0.25, 0.3) is 10.9 Å². The van der Waals surface area contributed by atoms with Gasteiger partial charge in [-0.25, -0.2) is 4.39 Å². The van der Waals surface area contributed by atoms with Gasteiger partial charge in [-0.05, 0) is 35.9 Å². The maximum atomic E-state index is 13.3. The fourth-order valence-corrected chi connectivity index (χ4v) is 3.43. The molecule has 2 heterocycles. The third-order valence-electron chi connectivity index (χ3n) is 4.82. The van der Waals surface area contributed by atoms with Crippen LogP contribution in [0.4, 0.5) is 10.1 Å². The second-order valence-electron chi connectivity index (χ2n) is 6.38. The van der Waals surface area contributed by atoms with Gasteiger partial charge in [-0.2, -0.15) is 0 Å². The first kappa shape index (κ1) is 15.7. The molecule has 0 unspecified atom stereocenters. The predicted octanol–water partition coefficient (Wildman–Crippen LogP) is 3.20. The molecular formula is C20H20FN3O. The van der Waals surface area contributed by atoms with Crippen LogP contribution in [-0.4, -0.2) is 42.0 Å². The molecule has 4 nitrogen and oxygen atoms in total. The zero-order valence-electron chi connectivity index (χ0n) is 13.9. The molecule has 0 radical (unpaired) electrons. The number of carbonyl (C=O) groups is 1. The highest BCUT2D eigenvalue weighted by molar-refractivity contribution is 5.89. The number of aromatic amines is 1. The van der Waals surface area contributed by atoms with Crippen molar-refractivity contribution in [2.24, 2.45) is 0 Å². The van der Waals surface area contributed by atoms with E-state index in [1.165, 1.54) is 17.8 Å². The number of hydrogen-bond donors (Lipinski definition) is 1. The lowest BCUT2D eigenvalue weighted by molar-refractivity contribution is -0.130. The van der Waals surface area contributed by atoms with Crippen molar-refractivity contribution in [1.29, 1.82) is 0 Å². The SMILES string of the molecule is O=C(Cc1c[nH]c2cc(F)ccc12)N1CCN(c2ccccc2)CC1. The number of halogens is 1. The molecule has 1 saturated heterocycles. The quantitative estimate of drug-likeness (QED) is 0.797. The Bertz CT molecular complexity index is 882. The molecule has 128 valence electrons. The zero-order valence-corrected chi connectivity index (χ0v) is 13.9. The van der Waals surface area contributed by atoms with Gasteiger partial charge in [-0.1, -0.05) is 18.2 Å². The summed E-state index contributed by atoms with van der Waals surface area (Å²) in [7, 11) is 0. The number of anilines is 1. The Morgan fingerprint density at radius 1 is 1.04 bits per heavy atom. The van der Waals surface area contributed by atoms with Gasteiger partial charge in [0.2, 0.25) is 5.91 Å². The van der Waals surface area contributed by atoms with Crippen molar-refractivity contribution in [1.82, 2.24) is 9.88 Å². The lowest BCUT2D eigenvalue weighted by Crippen LogP contribution is -2.49. The molecular weight excluding hydrogens is 317 g/mol. The van der Waals surface area contributed by atoms with Gasteiger partial charge in [0.25, 0.3) is 0 Å². The first-order chi connectivity index (χ1) is 12.2. The normalized spacial score (nSPS) is 14.9. The van der Waals surface area contributed by atoms with Crippen LogP contribution in [0, 0.1) is 5.82 Å². The molecule has 1 aromatic heterocycles. The van der Waals surface area contributed by atoms with Crippen molar-refractivity contribution in [3.05, 3.63) is 66.1 Å². The van der Waals surface area contributed by atoms with Gasteiger partial charge in [0, 0.05) is 49.0 Å². The van der Waals surface area contributed by atoms with Crippen molar-refractivity contribution in [2.45, 2.75) is 6.42 Å². The molecule has 1 aliphatic rings. The average molecular weight is 337 g/mol. The summed E-state index contributed by atoms with van der Waals surface area (Å²) in [5.74, 6) is -0.151. The third-order valence-corrected chi connectivity index (χ3v) is 4.82. The van der Waals surface area contributed by atoms with Gasteiger partial charge in [0.15, 0.2) is 0 Å². The van der Waals surface area contributed by atoms with E-state index in [1.807, 2.05) is 29.3 Å². The molecule has 0 saturated carbocycles. The third kappa shape index (κ3) is 3.22. The van der Waals surface area contributed by atoms with E-state index in [2.05, 4.69) is 22.0 Å². The van der Waals surface area contributed by atoms with E-state index in [0.29, 0.717) is 6.42 Å². The van der Waals surface area contributed by atoms with E-state index in [9.17, 15) is 9.18 Å². The monoisotopic (exact) mass is 337 g/mol. The highest BCUT2D eigenvalue weighted by Gasteiger charge is 2.22. The van der Waals surface area contributed by atoms with Crippen molar-refractivity contribution in [3.8, 4) is 0 Å². The van der Waals surface area contributed by atoms with E-state index in [1.54, 1.807) is 6.07 Å². The molecule has 4 rings (SSSR count).